The van der Waals surface area contributed by atoms with E-state index in [4.69, 9.17) is 16.6 Å². The number of hydrogen-bond donors (Lipinski definition) is 3. The zero-order valence-corrected chi connectivity index (χ0v) is 15.9. The first-order chi connectivity index (χ1) is 12.7. The number of halogens is 1. The van der Waals surface area contributed by atoms with Crippen LogP contribution in [0, 0.1) is 6.92 Å². The fourth-order valence-corrected chi connectivity index (χ4v) is 3.41. The van der Waals surface area contributed by atoms with Crippen LogP contribution in [0.5, 0.6) is 0 Å². The molecule has 2 aromatic heterocycles. The molecule has 27 heavy (non-hydrogen) atoms. The Morgan fingerprint density at radius 2 is 1.89 bits per heavy atom. The SMILES string of the molecule is Cc1c(Br)c2ccccn2c1C(=O)c1ccc(N)c(C(=O)C(N)C(=O)O)c1. The highest BCUT2D eigenvalue weighted by Gasteiger charge is 2.26. The number of nitrogens with zero attached hydrogens (tertiary/aromatic N) is 1. The molecule has 2 heterocycles. The van der Waals surface area contributed by atoms with Gasteiger partial charge in [-0.1, -0.05) is 6.07 Å². The highest BCUT2D eigenvalue weighted by atomic mass is 79.9. The summed E-state index contributed by atoms with van der Waals surface area (Å²) in [5.41, 5.74) is 13.4. The van der Waals surface area contributed by atoms with Crippen molar-refractivity contribution in [1.82, 2.24) is 4.40 Å². The minimum absolute atomic E-state index is 0.0613. The first-order valence-corrected chi connectivity index (χ1v) is 8.75. The van der Waals surface area contributed by atoms with E-state index in [9.17, 15) is 14.4 Å². The average molecular weight is 430 g/mol. The summed E-state index contributed by atoms with van der Waals surface area (Å²) in [5, 5.41) is 8.96. The number of fused-ring (bicyclic) bond motifs is 1. The maximum Gasteiger partial charge on any atom is 0.328 e. The number of aliphatic carboxylic acids is 1. The monoisotopic (exact) mass is 429 g/mol. The van der Waals surface area contributed by atoms with Crippen LogP contribution < -0.4 is 11.5 Å². The van der Waals surface area contributed by atoms with E-state index in [2.05, 4.69) is 15.9 Å². The Morgan fingerprint density at radius 1 is 1.19 bits per heavy atom. The van der Waals surface area contributed by atoms with Gasteiger partial charge in [0.15, 0.2) is 11.8 Å². The number of ketones is 2. The van der Waals surface area contributed by atoms with E-state index >= 15 is 0 Å². The number of rotatable bonds is 5. The number of carbonyl (C=O) groups excluding carboxylic acids is 2. The number of carbonyl (C=O) groups is 3. The minimum atomic E-state index is -1.75. The molecule has 1 aromatic carbocycles. The summed E-state index contributed by atoms with van der Waals surface area (Å²) < 4.78 is 2.55. The Hall–Kier alpha value is -2.97. The number of aromatic nitrogens is 1. The molecule has 0 radical (unpaired) electrons. The smallest absolute Gasteiger partial charge is 0.328 e. The Bertz CT molecular complexity index is 1100. The molecular formula is C19H16BrN3O4. The predicted octanol–water partition coefficient (Wildman–Crippen LogP) is 2.42. The zero-order chi connectivity index (χ0) is 19.9. The second-order valence-electron chi connectivity index (χ2n) is 6.05. The quantitative estimate of drug-likeness (QED) is 0.324. The predicted molar refractivity (Wildman–Crippen MR) is 104 cm³/mol. The van der Waals surface area contributed by atoms with E-state index in [-0.39, 0.29) is 22.6 Å². The van der Waals surface area contributed by atoms with Gasteiger partial charge in [-0.25, -0.2) is 0 Å². The van der Waals surface area contributed by atoms with Gasteiger partial charge in [0.1, 0.15) is 0 Å². The van der Waals surface area contributed by atoms with Gasteiger partial charge in [-0.05, 0) is 58.7 Å². The van der Waals surface area contributed by atoms with Crippen molar-refractivity contribution in [1.29, 1.82) is 0 Å². The molecule has 138 valence electrons. The Kier molecular flexibility index (Phi) is 4.86. The lowest BCUT2D eigenvalue weighted by atomic mass is 9.97. The molecule has 0 bridgehead atoms. The third kappa shape index (κ3) is 3.13. The topological polar surface area (TPSA) is 128 Å². The number of carboxylic acid groups (broad SMARTS) is 1. The van der Waals surface area contributed by atoms with Gasteiger partial charge in [-0.3, -0.25) is 14.4 Å². The molecule has 0 aliphatic carbocycles. The number of hydrogen-bond acceptors (Lipinski definition) is 5. The number of anilines is 1. The first-order valence-electron chi connectivity index (χ1n) is 7.96. The maximum absolute atomic E-state index is 13.1. The molecule has 0 spiro atoms. The Morgan fingerprint density at radius 3 is 2.56 bits per heavy atom. The standard InChI is InChI=1S/C19H16BrN3O4/c1-9-14(20)13-4-2-3-7-23(13)16(9)17(24)10-5-6-12(21)11(8-10)18(25)15(22)19(26)27/h2-8,15H,21-22H2,1H3,(H,26,27). The molecule has 0 aliphatic heterocycles. The van der Waals surface area contributed by atoms with Gasteiger partial charge in [0.25, 0.3) is 0 Å². The van der Waals surface area contributed by atoms with Crippen LogP contribution in [0.3, 0.4) is 0 Å². The van der Waals surface area contributed by atoms with Gasteiger partial charge in [0.2, 0.25) is 5.78 Å². The van der Waals surface area contributed by atoms with E-state index in [0.717, 1.165) is 15.6 Å². The molecule has 1 atom stereocenters. The lowest BCUT2D eigenvalue weighted by molar-refractivity contribution is -0.137. The molecule has 0 saturated heterocycles. The molecule has 3 aromatic rings. The summed E-state index contributed by atoms with van der Waals surface area (Å²) in [7, 11) is 0. The number of benzene rings is 1. The van der Waals surface area contributed by atoms with Gasteiger partial charge in [-0.2, -0.15) is 0 Å². The zero-order valence-electron chi connectivity index (χ0n) is 14.3. The molecule has 5 N–H and O–H groups in total. The van der Waals surface area contributed by atoms with Crippen molar-refractivity contribution in [3.8, 4) is 0 Å². The summed E-state index contributed by atoms with van der Waals surface area (Å²) in [5.74, 6) is -2.64. The number of Topliss-reactive ketones (excluding diaryl/α,β-unsaturated/α-hetero) is 1. The Balaban J connectivity index is 2.12. The van der Waals surface area contributed by atoms with Gasteiger partial charge < -0.3 is 21.0 Å². The van der Waals surface area contributed by atoms with Gasteiger partial charge >= 0.3 is 5.97 Å². The first kappa shape index (κ1) is 18.8. The van der Waals surface area contributed by atoms with Gasteiger partial charge in [0.05, 0.1) is 11.2 Å². The van der Waals surface area contributed by atoms with Crippen molar-refractivity contribution in [3.05, 3.63) is 69.5 Å². The van der Waals surface area contributed by atoms with Crippen LogP contribution in [0.15, 0.2) is 47.1 Å². The fraction of sp³-hybridized carbons (Fsp3) is 0.105. The van der Waals surface area contributed by atoms with Crippen LogP contribution in [-0.4, -0.2) is 33.1 Å². The van der Waals surface area contributed by atoms with E-state index in [1.54, 1.807) is 16.7 Å². The number of carboxylic acids is 1. The lowest BCUT2D eigenvalue weighted by Gasteiger charge is -2.10. The van der Waals surface area contributed by atoms with Gasteiger partial charge in [-0.15, -0.1) is 0 Å². The van der Waals surface area contributed by atoms with Gasteiger partial charge in [0, 0.05) is 27.5 Å². The molecule has 0 saturated carbocycles. The number of nitrogen functional groups attached to an aromatic ring is 1. The molecule has 1 unspecified atom stereocenters. The highest BCUT2D eigenvalue weighted by molar-refractivity contribution is 9.10. The van der Waals surface area contributed by atoms with Crippen LogP contribution in [0.2, 0.25) is 0 Å². The van der Waals surface area contributed by atoms with Crippen LogP contribution in [-0.2, 0) is 4.79 Å². The lowest BCUT2D eigenvalue weighted by Crippen LogP contribution is -2.38. The molecule has 8 heteroatoms. The van der Waals surface area contributed by atoms with Crippen molar-refractivity contribution in [2.45, 2.75) is 13.0 Å². The van der Waals surface area contributed by atoms with Crippen molar-refractivity contribution in [2.24, 2.45) is 5.73 Å². The second kappa shape index (κ2) is 6.98. The molecule has 7 nitrogen and oxygen atoms in total. The molecule has 3 rings (SSSR count). The molecular weight excluding hydrogens is 414 g/mol. The Labute approximate surface area is 162 Å². The summed E-state index contributed by atoms with van der Waals surface area (Å²) >= 11 is 3.50. The highest BCUT2D eigenvalue weighted by Crippen LogP contribution is 2.30. The second-order valence-corrected chi connectivity index (χ2v) is 6.85. The van der Waals surface area contributed by atoms with Crippen molar-refractivity contribution < 1.29 is 19.5 Å². The van der Waals surface area contributed by atoms with Crippen LogP contribution in [0.4, 0.5) is 5.69 Å². The van der Waals surface area contributed by atoms with Crippen molar-refractivity contribution in [2.75, 3.05) is 5.73 Å². The third-order valence-corrected chi connectivity index (χ3v) is 5.36. The third-order valence-electron chi connectivity index (χ3n) is 4.35. The summed E-state index contributed by atoms with van der Waals surface area (Å²) in [6, 6.07) is 7.98. The van der Waals surface area contributed by atoms with E-state index < -0.39 is 17.8 Å². The maximum atomic E-state index is 13.1. The van der Waals surface area contributed by atoms with Crippen LogP contribution in [0.25, 0.3) is 5.52 Å². The average Bonchev–Trinajstić information content (AvgIpc) is 2.91. The molecule has 0 amide bonds. The number of nitrogens with two attached hydrogens (primary N) is 2. The van der Waals surface area contributed by atoms with Crippen molar-refractivity contribution in [3.63, 3.8) is 0 Å². The summed E-state index contributed by atoms with van der Waals surface area (Å²) in [6.07, 6.45) is 1.77. The van der Waals surface area contributed by atoms with E-state index in [1.807, 2.05) is 19.1 Å². The largest absolute Gasteiger partial charge is 0.480 e. The minimum Gasteiger partial charge on any atom is -0.480 e. The normalized spacial score (nSPS) is 12.1. The summed E-state index contributed by atoms with van der Waals surface area (Å²) in [4.78, 5) is 36.4. The fourth-order valence-electron chi connectivity index (χ4n) is 2.90. The molecule has 0 fully saturated rings. The van der Waals surface area contributed by atoms with E-state index in [1.165, 1.54) is 18.2 Å². The summed E-state index contributed by atoms with van der Waals surface area (Å²) in [6.45, 7) is 1.81. The van der Waals surface area contributed by atoms with Crippen molar-refractivity contribution >= 4 is 44.7 Å². The van der Waals surface area contributed by atoms with Crippen LogP contribution >= 0.6 is 15.9 Å². The van der Waals surface area contributed by atoms with Crippen LogP contribution in [0.1, 0.15) is 32.0 Å². The van der Waals surface area contributed by atoms with E-state index in [0.29, 0.717) is 5.69 Å². The number of pyridine rings is 1. The molecule has 0 aliphatic rings.